The molecule has 0 aliphatic carbocycles. The third-order valence-electron chi connectivity index (χ3n) is 2.84. The summed E-state index contributed by atoms with van der Waals surface area (Å²) in [5, 5.41) is 8.69. The number of esters is 2. The number of rotatable bonds is 13. The summed E-state index contributed by atoms with van der Waals surface area (Å²) >= 11 is 0. The topological polar surface area (TPSA) is 76.1 Å². The fraction of sp³-hybridized carbons (Fsp3) is 0.800. The fourth-order valence-electron chi connectivity index (χ4n) is 1.60. The van der Waals surface area contributed by atoms with Crippen LogP contribution in [0.1, 0.15) is 38.5 Å². The Labute approximate surface area is 127 Å². The fourth-order valence-corrected chi connectivity index (χ4v) is 1.60. The minimum Gasteiger partial charge on any atom is -0.466 e. The van der Waals surface area contributed by atoms with Crippen LogP contribution in [0.15, 0.2) is 0 Å². The van der Waals surface area contributed by atoms with Crippen LogP contribution in [0.2, 0.25) is 0 Å². The van der Waals surface area contributed by atoms with E-state index in [-0.39, 0.29) is 18.5 Å². The van der Waals surface area contributed by atoms with Crippen molar-refractivity contribution >= 4 is 11.9 Å². The first kappa shape index (κ1) is 19.7. The highest BCUT2D eigenvalue weighted by Gasteiger charge is 2.06. The van der Waals surface area contributed by atoms with Crippen LogP contribution in [0.4, 0.5) is 0 Å². The molecule has 0 fully saturated rings. The number of hydrogen-bond donors (Lipinski definition) is 1. The Morgan fingerprint density at radius 2 is 1.57 bits per heavy atom. The molecule has 0 aromatic rings. The first-order chi connectivity index (χ1) is 10.1. The largest absolute Gasteiger partial charge is 0.466 e. The van der Waals surface area contributed by atoms with Crippen LogP contribution in [0.3, 0.4) is 0 Å². The van der Waals surface area contributed by atoms with Crippen molar-refractivity contribution in [3.63, 3.8) is 0 Å². The Morgan fingerprint density at radius 3 is 2.10 bits per heavy atom. The van der Waals surface area contributed by atoms with Crippen LogP contribution >= 0.6 is 0 Å². The number of ether oxygens (including phenoxy) is 2. The van der Waals surface area contributed by atoms with Crippen molar-refractivity contribution in [1.29, 1.82) is 0 Å². The molecule has 0 atom stereocenters. The van der Waals surface area contributed by atoms with Crippen LogP contribution in [0.25, 0.3) is 0 Å². The van der Waals surface area contributed by atoms with Gasteiger partial charge in [-0.1, -0.05) is 0 Å². The summed E-state index contributed by atoms with van der Waals surface area (Å²) in [5.74, 6) is -0.451. The van der Waals surface area contributed by atoms with Gasteiger partial charge in [0.2, 0.25) is 0 Å². The number of unbranched alkanes of at least 4 members (excludes halogenated alkanes) is 1. The first-order valence-electron chi connectivity index (χ1n) is 7.50. The molecule has 0 aromatic heterocycles. The van der Waals surface area contributed by atoms with Crippen LogP contribution in [-0.2, 0) is 19.1 Å². The molecule has 122 valence electrons. The molecule has 6 heteroatoms. The average molecular weight is 302 g/mol. The summed E-state index contributed by atoms with van der Waals surface area (Å²) in [5.41, 5.74) is 0. The lowest BCUT2D eigenvalue weighted by Gasteiger charge is -2.15. The van der Waals surface area contributed by atoms with Gasteiger partial charge in [-0.2, -0.15) is 0 Å². The van der Waals surface area contributed by atoms with Crippen molar-refractivity contribution in [3.05, 3.63) is 6.92 Å². The van der Waals surface area contributed by atoms with Gasteiger partial charge in [0.1, 0.15) is 0 Å². The quantitative estimate of drug-likeness (QED) is 0.313. The predicted molar refractivity (Wildman–Crippen MR) is 79.6 cm³/mol. The molecule has 6 nitrogen and oxygen atoms in total. The van der Waals surface area contributed by atoms with E-state index in [0.717, 1.165) is 6.54 Å². The molecule has 0 aliphatic heterocycles. The van der Waals surface area contributed by atoms with Crippen molar-refractivity contribution in [2.24, 2.45) is 0 Å². The van der Waals surface area contributed by atoms with Crippen LogP contribution in [0, 0.1) is 6.92 Å². The average Bonchev–Trinajstić information content (AvgIpc) is 2.46. The number of aliphatic hydroxyl groups excluding tert-OH is 1. The Kier molecular flexibility index (Phi) is 12.9. The van der Waals surface area contributed by atoms with Crippen LogP contribution in [-0.4, -0.2) is 61.9 Å². The molecule has 0 amide bonds. The lowest BCUT2D eigenvalue weighted by molar-refractivity contribution is -0.146. The van der Waals surface area contributed by atoms with Gasteiger partial charge in [0, 0.05) is 19.7 Å². The lowest BCUT2D eigenvalue weighted by Crippen LogP contribution is -2.24. The second kappa shape index (κ2) is 13.7. The maximum atomic E-state index is 11.5. The molecule has 0 heterocycles. The van der Waals surface area contributed by atoms with E-state index in [1.165, 1.54) is 0 Å². The highest BCUT2D eigenvalue weighted by atomic mass is 16.5. The third-order valence-corrected chi connectivity index (χ3v) is 2.84. The van der Waals surface area contributed by atoms with E-state index in [9.17, 15) is 9.59 Å². The number of carbonyl (C=O) groups is 2. The van der Waals surface area contributed by atoms with E-state index >= 15 is 0 Å². The molecule has 0 saturated carbocycles. The molecule has 0 rings (SSSR count). The summed E-state index contributed by atoms with van der Waals surface area (Å²) in [7, 11) is 1.91. The molecular weight excluding hydrogens is 274 g/mol. The van der Waals surface area contributed by atoms with E-state index in [0.29, 0.717) is 58.3 Å². The molecule has 0 radical (unpaired) electrons. The Balaban J connectivity index is 3.39. The van der Waals surface area contributed by atoms with E-state index in [1.807, 2.05) is 11.9 Å². The summed E-state index contributed by atoms with van der Waals surface area (Å²) in [6.07, 6.45) is 3.32. The Hall–Kier alpha value is -1.27. The normalized spacial score (nSPS) is 10.6. The summed E-state index contributed by atoms with van der Waals surface area (Å²) in [4.78, 5) is 24.5. The molecule has 1 N–H and O–H groups in total. The predicted octanol–water partition coefficient (Wildman–Crippen LogP) is 1.17. The van der Waals surface area contributed by atoms with Gasteiger partial charge in [-0.05, 0) is 26.3 Å². The van der Waals surface area contributed by atoms with Gasteiger partial charge in [0.05, 0.1) is 39.4 Å². The second-order valence-electron chi connectivity index (χ2n) is 4.88. The first-order valence-corrected chi connectivity index (χ1v) is 7.50. The van der Waals surface area contributed by atoms with Gasteiger partial charge >= 0.3 is 11.9 Å². The molecule has 0 bridgehead atoms. The van der Waals surface area contributed by atoms with Gasteiger partial charge in [-0.25, -0.2) is 0 Å². The Morgan fingerprint density at radius 1 is 1.00 bits per heavy atom. The number of nitrogens with zero attached hydrogens (tertiary/aromatic N) is 1. The zero-order valence-electron chi connectivity index (χ0n) is 13.0. The SMILES string of the molecule is [CH2+]CCC(=O)OCCCCOC(=O)CCN(C)CCCO. The highest BCUT2D eigenvalue weighted by molar-refractivity contribution is 5.69. The third kappa shape index (κ3) is 13.5. The van der Waals surface area contributed by atoms with Crippen molar-refractivity contribution in [3.8, 4) is 0 Å². The second-order valence-corrected chi connectivity index (χ2v) is 4.88. The van der Waals surface area contributed by atoms with Crippen molar-refractivity contribution in [2.45, 2.75) is 38.5 Å². The van der Waals surface area contributed by atoms with E-state index < -0.39 is 0 Å². The molecular formula is C15H28NO5+. The van der Waals surface area contributed by atoms with Crippen molar-refractivity contribution in [2.75, 3.05) is 40.0 Å². The lowest BCUT2D eigenvalue weighted by atomic mass is 10.3. The number of aliphatic hydroxyl groups is 1. The van der Waals surface area contributed by atoms with E-state index in [4.69, 9.17) is 14.6 Å². The summed E-state index contributed by atoms with van der Waals surface area (Å²) < 4.78 is 10.0. The van der Waals surface area contributed by atoms with Crippen LogP contribution in [0.5, 0.6) is 0 Å². The molecule has 0 aliphatic rings. The van der Waals surface area contributed by atoms with Gasteiger partial charge in [0.25, 0.3) is 0 Å². The van der Waals surface area contributed by atoms with Gasteiger partial charge in [0.15, 0.2) is 0 Å². The van der Waals surface area contributed by atoms with E-state index in [1.54, 1.807) is 0 Å². The Bertz CT molecular complexity index is 283. The number of hydrogen-bond acceptors (Lipinski definition) is 6. The molecule has 0 unspecified atom stereocenters. The molecule has 0 spiro atoms. The smallest absolute Gasteiger partial charge is 0.310 e. The summed E-state index contributed by atoms with van der Waals surface area (Å²) in [6.45, 7) is 5.84. The minimum absolute atomic E-state index is 0.161. The van der Waals surface area contributed by atoms with Crippen LogP contribution < -0.4 is 0 Å². The minimum atomic E-state index is -0.229. The van der Waals surface area contributed by atoms with Crippen molar-refractivity contribution < 1.29 is 24.2 Å². The van der Waals surface area contributed by atoms with E-state index in [2.05, 4.69) is 6.92 Å². The molecule has 21 heavy (non-hydrogen) atoms. The zero-order valence-corrected chi connectivity index (χ0v) is 13.0. The summed E-state index contributed by atoms with van der Waals surface area (Å²) in [6, 6.07) is 0. The van der Waals surface area contributed by atoms with Gasteiger partial charge in [-0.3, -0.25) is 9.59 Å². The highest BCUT2D eigenvalue weighted by Crippen LogP contribution is 1.98. The molecule has 0 saturated heterocycles. The van der Waals surface area contributed by atoms with Gasteiger partial charge < -0.3 is 19.5 Å². The number of carbonyl (C=O) groups excluding carboxylic acids is 2. The standard InChI is InChI=1S/C15H28NO5/c1-3-7-14(18)20-12-4-5-13-21-15(19)8-10-16(2)9-6-11-17/h17H,1,3-13H2,2H3/q+1. The maximum Gasteiger partial charge on any atom is 0.310 e. The molecule has 0 aromatic carbocycles. The zero-order chi connectivity index (χ0) is 15.9. The maximum absolute atomic E-state index is 11.5. The van der Waals surface area contributed by atoms with Gasteiger partial charge in [-0.15, -0.1) is 0 Å². The monoisotopic (exact) mass is 302 g/mol. The van der Waals surface area contributed by atoms with Crippen molar-refractivity contribution in [1.82, 2.24) is 4.90 Å².